The summed E-state index contributed by atoms with van der Waals surface area (Å²) in [5, 5.41) is 2.79. The largest absolute Gasteiger partial charge is 0.465 e. The molecule has 1 aromatic rings. The van der Waals surface area contributed by atoms with Gasteiger partial charge in [0.15, 0.2) is 0 Å². The summed E-state index contributed by atoms with van der Waals surface area (Å²) >= 11 is 11.4. The molecule has 0 bridgehead atoms. The van der Waals surface area contributed by atoms with Gasteiger partial charge in [-0.05, 0) is 29.5 Å². The summed E-state index contributed by atoms with van der Waals surface area (Å²) < 4.78 is 4.87. The summed E-state index contributed by atoms with van der Waals surface area (Å²) in [5.74, 6) is -0.933. The summed E-state index contributed by atoms with van der Waals surface area (Å²) in [7, 11) is 1.30. The van der Waals surface area contributed by atoms with Crippen LogP contribution in [-0.4, -0.2) is 19.0 Å². The van der Waals surface area contributed by atoms with E-state index in [1.807, 2.05) is 13.8 Å². The molecule has 1 N–H and O–H groups in total. The fraction of sp³-hybridized carbons (Fsp3) is 0.375. The standard InChI is InChI=1S/C16H17Cl2NO3/c1-16(2)10(8-12(17)18)13(16)14(20)19-11-7-5-4-6-9(11)15(21)22-3/h4-8,10,13H,1-3H3,(H,19,20)/t10-,13-/m1/s1. The second-order valence-electron chi connectivity index (χ2n) is 5.81. The molecule has 1 aliphatic rings. The molecule has 1 amide bonds. The number of ether oxygens (including phenoxy) is 1. The minimum absolute atomic E-state index is 0.0252. The lowest BCUT2D eigenvalue weighted by Crippen LogP contribution is -2.19. The molecule has 0 spiro atoms. The van der Waals surface area contributed by atoms with Crippen LogP contribution >= 0.6 is 23.2 Å². The number of para-hydroxylation sites is 1. The molecule has 1 aromatic carbocycles. The Balaban J connectivity index is 2.18. The third kappa shape index (κ3) is 3.28. The molecule has 0 unspecified atom stereocenters. The van der Waals surface area contributed by atoms with Gasteiger partial charge in [-0.15, -0.1) is 0 Å². The highest BCUT2D eigenvalue weighted by molar-refractivity contribution is 6.55. The molecule has 0 heterocycles. The first kappa shape index (κ1) is 16.8. The fourth-order valence-corrected chi connectivity index (χ4v) is 2.99. The first-order valence-corrected chi connectivity index (χ1v) is 7.55. The van der Waals surface area contributed by atoms with Crippen molar-refractivity contribution in [2.24, 2.45) is 17.3 Å². The van der Waals surface area contributed by atoms with Crippen LogP contribution in [0.2, 0.25) is 0 Å². The second-order valence-corrected chi connectivity index (χ2v) is 6.82. The lowest BCUT2D eigenvalue weighted by Gasteiger charge is -2.10. The number of allylic oxidation sites excluding steroid dienone is 1. The Morgan fingerprint density at radius 3 is 2.50 bits per heavy atom. The molecule has 6 heteroatoms. The van der Waals surface area contributed by atoms with Crippen LogP contribution in [0.5, 0.6) is 0 Å². The van der Waals surface area contributed by atoms with E-state index in [0.717, 1.165) is 0 Å². The Morgan fingerprint density at radius 1 is 1.27 bits per heavy atom. The van der Waals surface area contributed by atoms with Crippen LogP contribution in [0.15, 0.2) is 34.8 Å². The summed E-state index contributed by atoms with van der Waals surface area (Å²) in [4.78, 5) is 24.2. The molecule has 2 rings (SSSR count). The van der Waals surface area contributed by atoms with Crippen molar-refractivity contribution in [2.45, 2.75) is 13.8 Å². The van der Waals surface area contributed by atoms with E-state index in [-0.39, 0.29) is 27.6 Å². The third-order valence-electron chi connectivity index (χ3n) is 4.09. The highest BCUT2D eigenvalue weighted by atomic mass is 35.5. The van der Waals surface area contributed by atoms with Gasteiger partial charge in [-0.2, -0.15) is 0 Å². The minimum Gasteiger partial charge on any atom is -0.465 e. The maximum absolute atomic E-state index is 12.5. The number of carbonyl (C=O) groups excluding carboxylic acids is 2. The first-order valence-electron chi connectivity index (χ1n) is 6.80. The lowest BCUT2D eigenvalue weighted by atomic mass is 10.1. The molecule has 1 saturated carbocycles. The highest BCUT2D eigenvalue weighted by Crippen LogP contribution is 2.60. The summed E-state index contributed by atoms with van der Waals surface area (Å²) in [6.07, 6.45) is 1.68. The van der Waals surface area contributed by atoms with Gasteiger partial charge in [0.25, 0.3) is 0 Å². The van der Waals surface area contributed by atoms with Crippen LogP contribution in [0.4, 0.5) is 5.69 Å². The van der Waals surface area contributed by atoms with Crippen molar-refractivity contribution in [3.8, 4) is 0 Å². The van der Waals surface area contributed by atoms with Crippen molar-refractivity contribution < 1.29 is 14.3 Å². The quantitative estimate of drug-likeness (QED) is 0.842. The zero-order chi connectivity index (χ0) is 16.5. The molecule has 0 saturated heterocycles. The Hall–Kier alpha value is -1.52. The van der Waals surface area contributed by atoms with E-state index in [4.69, 9.17) is 27.9 Å². The van der Waals surface area contributed by atoms with Gasteiger partial charge < -0.3 is 10.1 Å². The summed E-state index contributed by atoms with van der Waals surface area (Å²) in [5.41, 5.74) is 0.528. The Morgan fingerprint density at radius 2 is 1.91 bits per heavy atom. The van der Waals surface area contributed by atoms with Gasteiger partial charge in [0.05, 0.1) is 24.3 Å². The predicted octanol–water partition coefficient (Wildman–Crippen LogP) is 4.00. The van der Waals surface area contributed by atoms with Crippen LogP contribution in [0, 0.1) is 17.3 Å². The van der Waals surface area contributed by atoms with Crippen molar-refractivity contribution in [2.75, 3.05) is 12.4 Å². The number of benzene rings is 1. The zero-order valence-electron chi connectivity index (χ0n) is 12.5. The van der Waals surface area contributed by atoms with Crippen LogP contribution in [0.25, 0.3) is 0 Å². The summed E-state index contributed by atoms with van der Waals surface area (Å²) in [6.45, 7) is 3.95. The molecule has 2 atom stereocenters. The van der Waals surface area contributed by atoms with Gasteiger partial charge in [-0.1, -0.05) is 49.2 Å². The Bertz CT molecular complexity index is 636. The maximum Gasteiger partial charge on any atom is 0.339 e. The van der Waals surface area contributed by atoms with Gasteiger partial charge in [-0.3, -0.25) is 4.79 Å². The van der Waals surface area contributed by atoms with E-state index in [2.05, 4.69) is 5.32 Å². The van der Waals surface area contributed by atoms with Crippen molar-refractivity contribution in [1.29, 1.82) is 0 Å². The molecule has 0 aliphatic heterocycles. The van der Waals surface area contributed by atoms with Crippen molar-refractivity contribution in [1.82, 2.24) is 0 Å². The van der Waals surface area contributed by atoms with Crippen LogP contribution in [0.1, 0.15) is 24.2 Å². The molecule has 0 radical (unpaired) electrons. The van der Waals surface area contributed by atoms with Crippen LogP contribution in [-0.2, 0) is 9.53 Å². The van der Waals surface area contributed by atoms with Crippen molar-refractivity contribution in [3.05, 3.63) is 40.4 Å². The average molecular weight is 342 g/mol. The Labute approximate surface area is 139 Å². The van der Waals surface area contributed by atoms with Crippen molar-refractivity contribution >= 4 is 40.8 Å². The van der Waals surface area contributed by atoms with Gasteiger partial charge in [0.1, 0.15) is 4.49 Å². The van der Waals surface area contributed by atoms with E-state index in [9.17, 15) is 9.59 Å². The number of hydrogen-bond donors (Lipinski definition) is 1. The summed E-state index contributed by atoms with van der Waals surface area (Å²) in [6, 6.07) is 6.72. The number of anilines is 1. The van der Waals surface area contributed by atoms with Gasteiger partial charge in [-0.25, -0.2) is 4.79 Å². The number of rotatable bonds is 4. The zero-order valence-corrected chi connectivity index (χ0v) is 14.0. The van der Waals surface area contributed by atoms with E-state index in [0.29, 0.717) is 11.3 Å². The van der Waals surface area contributed by atoms with Gasteiger partial charge in [0.2, 0.25) is 5.91 Å². The molecule has 0 aromatic heterocycles. The number of esters is 1. The second kappa shape index (κ2) is 6.31. The number of methoxy groups -OCH3 is 1. The topological polar surface area (TPSA) is 55.4 Å². The molecular weight excluding hydrogens is 325 g/mol. The third-order valence-corrected chi connectivity index (χ3v) is 4.34. The molecular formula is C16H17Cl2NO3. The predicted molar refractivity (Wildman–Crippen MR) is 87.0 cm³/mol. The highest BCUT2D eigenvalue weighted by Gasteiger charge is 2.60. The average Bonchev–Trinajstić information content (AvgIpc) is 2.98. The maximum atomic E-state index is 12.5. The minimum atomic E-state index is -0.494. The van der Waals surface area contributed by atoms with Crippen LogP contribution in [0.3, 0.4) is 0 Å². The molecule has 22 heavy (non-hydrogen) atoms. The van der Waals surface area contributed by atoms with Gasteiger partial charge in [0, 0.05) is 0 Å². The SMILES string of the molecule is COC(=O)c1ccccc1NC(=O)[C@H]1[C@@H](C=C(Cl)Cl)C1(C)C. The smallest absolute Gasteiger partial charge is 0.339 e. The molecule has 118 valence electrons. The number of halogens is 2. The normalized spacial score (nSPS) is 21.7. The Kier molecular flexibility index (Phi) is 4.83. The molecule has 1 fully saturated rings. The number of carbonyl (C=O) groups is 2. The van der Waals surface area contributed by atoms with Crippen LogP contribution < -0.4 is 5.32 Å². The molecule has 1 aliphatic carbocycles. The van der Waals surface area contributed by atoms with E-state index < -0.39 is 5.97 Å². The van der Waals surface area contributed by atoms with E-state index in [1.54, 1.807) is 30.3 Å². The number of amides is 1. The van der Waals surface area contributed by atoms with E-state index in [1.165, 1.54) is 7.11 Å². The van der Waals surface area contributed by atoms with Gasteiger partial charge >= 0.3 is 5.97 Å². The number of hydrogen-bond acceptors (Lipinski definition) is 3. The fourth-order valence-electron chi connectivity index (χ4n) is 2.72. The molecule has 4 nitrogen and oxygen atoms in total. The first-order chi connectivity index (χ1) is 10.3. The monoisotopic (exact) mass is 341 g/mol. The lowest BCUT2D eigenvalue weighted by molar-refractivity contribution is -0.118. The van der Waals surface area contributed by atoms with E-state index >= 15 is 0 Å². The number of nitrogens with one attached hydrogen (secondary N) is 1. The van der Waals surface area contributed by atoms with Crippen molar-refractivity contribution in [3.63, 3.8) is 0 Å².